The number of rotatable bonds is 10. The fraction of sp³-hybridized carbons (Fsp3) is 0.933. The number of hydrogen-bond acceptors (Lipinski definition) is 1. The maximum absolute atomic E-state index is 12.6. The smallest absolute Gasteiger partial charge is 0.165 e. The van der Waals surface area contributed by atoms with Gasteiger partial charge in [-0.3, -0.25) is 4.79 Å². The quantitative estimate of drug-likeness (QED) is 0.332. The van der Waals surface area contributed by atoms with Crippen molar-refractivity contribution in [1.82, 2.24) is 0 Å². The van der Waals surface area contributed by atoms with Crippen molar-refractivity contribution in [3.8, 4) is 0 Å². The van der Waals surface area contributed by atoms with Gasteiger partial charge in [-0.05, 0) is 26.7 Å². The van der Waals surface area contributed by atoms with Gasteiger partial charge < -0.3 is 0 Å². The summed E-state index contributed by atoms with van der Waals surface area (Å²) in [4.78, 5) is 12.6. The van der Waals surface area contributed by atoms with Crippen molar-refractivity contribution in [3.05, 3.63) is 0 Å². The molecule has 0 aliphatic carbocycles. The summed E-state index contributed by atoms with van der Waals surface area (Å²) in [6.07, 6.45) is 8.86. The second-order valence-corrected chi connectivity index (χ2v) is 9.14. The first kappa shape index (κ1) is 18.6. The number of ketones is 1. The van der Waals surface area contributed by atoms with E-state index in [0.717, 1.165) is 25.7 Å². The Morgan fingerprint density at radius 3 is 1.44 bits per heavy atom. The van der Waals surface area contributed by atoms with Crippen molar-refractivity contribution in [2.24, 2.45) is 0 Å². The Morgan fingerprint density at radius 1 is 0.833 bits per heavy atom. The molecule has 2 atom stereocenters. The van der Waals surface area contributed by atoms with Gasteiger partial charge in [-0.15, -0.1) is 0 Å². The molecule has 0 bridgehead atoms. The number of carbonyl (C=O) groups excluding carboxylic acids is 1. The summed E-state index contributed by atoms with van der Waals surface area (Å²) in [5.41, 5.74) is 0. The molecule has 2 unspecified atom stereocenters. The molecule has 0 fully saturated rings. The van der Waals surface area contributed by atoms with E-state index < -0.39 is 0 Å². The van der Waals surface area contributed by atoms with E-state index in [1.165, 1.54) is 25.7 Å². The average molecular weight is 384 g/mol. The topological polar surface area (TPSA) is 17.1 Å². The van der Waals surface area contributed by atoms with Gasteiger partial charge in [0.2, 0.25) is 0 Å². The molecule has 0 N–H and O–H groups in total. The van der Waals surface area contributed by atoms with Crippen LogP contribution in [0.5, 0.6) is 0 Å². The lowest BCUT2D eigenvalue weighted by atomic mass is 9.87. The second kappa shape index (κ2) is 8.73. The molecular weight excluding hydrogens is 356 g/mol. The number of Topliss-reactive ketones (excluding diaryl/α,β-unsaturated/α-hetero) is 1. The molecule has 3 heteroatoms. The molecule has 0 heterocycles. The first-order valence-electron chi connectivity index (χ1n) is 7.20. The standard InChI is InChI=1S/C15H28Br2O/c1-5-7-9-11-14(3,16)13(18)15(4,17)12-10-8-6-2/h5-12H2,1-4H3. The molecule has 0 aromatic heterocycles. The van der Waals surface area contributed by atoms with Crippen LogP contribution < -0.4 is 0 Å². The average Bonchev–Trinajstić information content (AvgIpc) is 2.28. The number of carbonyl (C=O) groups is 1. The summed E-state index contributed by atoms with van der Waals surface area (Å²) in [7, 11) is 0. The van der Waals surface area contributed by atoms with Gasteiger partial charge in [0.1, 0.15) is 0 Å². The van der Waals surface area contributed by atoms with E-state index in [0.29, 0.717) is 5.78 Å². The van der Waals surface area contributed by atoms with Crippen molar-refractivity contribution < 1.29 is 4.79 Å². The van der Waals surface area contributed by atoms with Gasteiger partial charge in [-0.2, -0.15) is 0 Å². The molecule has 18 heavy (non-hydrogen) atoms. The minimum Gasteiger partial charge on any atom is -0.297 e. The highest BCUT2D eigenvalue weighted by Crippen LogP contribution is 2.37. The van der Waals surface area contributed by atoms with Crippen molar-refractivity contribution in [2.45, 2.75) is 87.7 Å². The fourth-order valence-electron chi connectivity index (χ4n) is 2.18. The summed E-state index contributed by atoms with van der Waals surface area (Å²) < 4.78 is -0.765. The largest absolute Gasteiger partial charge is 0.297 e. The van der Waals surface area contributed by atoms with Crippen LogP contribution in [0, 0.1) is 0 Å². The summed E-state index contributed by atoms with van der Waals surface area (Å²) in [5, 5.41) is 0. The van der Waals surface area contributed by atoms with Gasteiger partial charge in [0.05, 0.1) is 8.65 Å². The van der Waals surface area contributed by atoms with Crippen LogP contribution in [-0.4, -0.2) is 14.4 Å². The second-order valence-electron chi connectivity index (χ2n) is 5.64. The molecule has 0 aliphatic heterocycles. The van der Waals surface area contributed by atoms with Gasteiger partial charge in [0.15, 0.2) is 5.78 Å². The minimum absolute atomic E-state index is 0.294. The van der Waals surface area contributed by atoms with E-state index in [9.17, 15) is 4.79 Å². The number of alkyl halides is 2. The first-order valence-corrected chi connectivity index (χ1v) is 8.79. The maximum atomic E-state index is 12.6. The molecule has 0 saturated heterocycles. The van der Waals surface area contributed by atoms with Crippen LogP contribution in [0.4, 0.5) is 0 Å². The van der Waals surface area contributed by atoms with Crippen molar-refractivity contribution >= 4 is 37.6 Å². The van der Waals surface area contributed by atoms with Gasteiger partial charge in [-0.1, -0.05) is 84.2 Å². The predicted molar refractivity (Wildman–Crippen MR) is 88.0 cm³/mol. The third-order valence-corrected chi connectivity index (χ3v) is 4.96. The van der Waals surface area contributed by atoms with Gasteiger partial charge in [-0.25, -0.2) is 0 Å². The summed E-state index contributed by atoms with van der Waals surface area (Å²) in [6.45, 7) is 8.41. The van der Waals surface area contributed by atoms with Gasteiger partial charge >= 0.3 is 0 Å². The molecule has 0 spiro atoms. The Bertz CT molecular complexity index is 223. The molecule has 0 rings (SSSR count). The van der Waals surface area contributed by atoms with E-state index in [1.54, 1.807) is 0 Å². The van der Waals surface area contributed by atoms with Crippen LogP contribution in [0.1, 0.15) is 79.1 Å². The van der Waals surface area contributed by atoms with Gasteiger partial charge in [0.25, 0.3) is 0 Å². The third kappa shape index (κ3) is 6.70. The Morgan fingerprint density at radius 2 is 1.17 bits per heavy atom. The van der Waals surface area contributed by atoms with Gasteiger partial charge in [0, 0.05) is 0 Å². The highest BCUT2D eigenvalue weighted by atomic mass is 79.9. The Labute approximate surface area is 130 Å². The molecule has 0 aromatic rings. The zero-order valence-electron chi connectivity index (χ0n) is 12.3. The summed E-state index contributed by atoms with van der Waals surface area (Å²) in [6, 6.07) is 0. The molecule has 0 saturated carbocycles. The van der Waals surface area contributed by atoms with E-state index in [1.807, 2.05) is 13.8 Å². The van der Waals surface area contributed by atoms with E-state index >= 15 is 0 Å². The molecular formula is C15H28Br2O. The highest BCUT2D eigenvalue weighted by molar-refractivity contribution is 9.11. The fourth-order valence-corrected chi connectivity index (χ4v) is 3.89. The SMILES string of the molecule is CCCCCC(C)(Br)C(=O)C(C)(Br)CCCCC. The van der Waals surface area contributed by atoms with Crippen LogP contribution in [-0.2, 0) is 4.79 Å². The Hall–Kier alpha value is 0.630. The predicted octanol–water partition coefficient (Wildman–Crippen LogP) is 6.02. The third-order valence-electron chi connectivity index (χ3n) is 3.45. The maximum Gasteiger partial charge on any atom is 0.165 e. The van der Waals surface area contributed by atoms with Crippen LogP contribution in [0.3, 0.4) is 0 Å². The summed E-state index contributed by atoms with van der Waals surface area (Å²) >= 11 is 7.29. The minimum atomic E-state index is -0.382. The van der Waals surface area contributed by atoms with Crippen LogP contribution in [0.15, 0.2) is 0 Å². The van der Waals surface area contributed by atoms with E-state index in [4.69, 9.17) is 0 Å². The first-order chi connectivity index (χ1) is 8.28. The summed E-state index contributed by atoms with van der Waals surface area (Å²) in [5.74, 6) is 0.294. The van der Waals surface area contributed by atoms with Crippen molar-refractivity contribution in [3.63, 3.8) is 0 Å². The van der Waals surface area contributed by atoms with Crippen LogP contribution in [0.2, 0.25) is 0 Å². The lowest BCUT2D eigenvalue weighted by molar-refractivity contribution is -0.123. The molecule has 108 valence electrons. The lowest BCUT2D eigenvalue weighted by Gasteiger charge is -2.30. The van der Waals surface area contributed by atoms with Crippen LogP contribution in [0.25, 0.3) is 0 Å². The van der Waals surface area contributed by atoms with E-state index in [-0.39, 0.29) is 8.65 Å². The zero-order chi connectivity index (χ0) is 14.2. The number of hydrogen-bond donors (Lipinski definition) is 0. The number of halogens is 2. The van der Waals surface area contributed by atoms with Crippen LogP contribution >= 0.6 is 31.9 Å². The lowest BCUT2D eigenvalue weighted by Crippen LogP contribution is -2.42. The zero-order valence-corrected chi connectivity index (χ0v) is 15.5. The normalized spacial score (nSPS) is 18.1. The molecule has 0 amide bonds. The highest BCUT2D eigenvalue weighted by Gasteiger charge is 2.40. The van der Waals surface area contributed by atoms with Crippen molar-refractivity contribution in [2.75, 3.05) is 0 Å². The monoisotopic (exact) mass is 382 g/mol. The number of unbranched alkanes of at least 4 members (excludes halogenated alkanes) is 4. The molecule has 0 aliphatic rings. The Balaban J connectivity index is 4.38. The van der Waals surface area contributed by atoms with E-state index in [2.05, 4.69) is 45.7 Å². The molecule has 0 aromatic carbocycles. The molecule has 0 radical (unpaired) electrons. The molecule has 1 nitrogen and oxygen atoms in total. The Kier molecular flexibility index (Phi) is 9.04. The van der Waals surface area contributed by atoms with Crippen molar-refractivity contribution in [1.29, 1.82) is 0 Å².